The lowest BCUT2D eigenvalue weighted by Crippen LogP contribution is -2.13. The van der Waals surface area contributed by atoms with Gasteiger partial charge in [0.1, 0.15) is 5.75 Å². The number of nitrogens with one attached hydrogen (secondary N) is 1. The van der Waals surface area contributed by atoms with Crippen LogP contribution in [0.5, 0.6) is 5.75 Å². The monoisotopic (exact) mass is 218 g/mol. The fourth-order valence-corrected chi connectivity index (χ4v) is 1.48. The van der Waals surface area contributed by atoms with Gasteiger partial charge in [-0.2, -0.15) is 0 Å². The van der Waals surface area contributed by atoms with Gasteiger partial charge < -0.3 is 9.72 Å². The molecule has 1 heterocycles. The zero-order valence-electron chi connectivity index (χ0n) is 9.31. The zero-order chi connectivity index (χ0) is 11.5. The Morgan fingerprint density at radius 3 is 2.44 bits per heavy atom. The highest BCUT2D eigenvalue weighted by Crippen LogP contribution is 2.15. The molecule has 4 nitrogen and oxygen atoms in total. The van der Waals surface area contributed by atoms with Crippen molar-refractivity contribution in [3.05, 3.63) is 47.1 Å². The van der Waals surface area contributed by atoms with Gasteiger partial charge >= 0.3 is 5.69 Å². The van der Waals surface area contributed by atoms with E-state index < -0.39 is 0 Å². The number of imidazole rings is 1. The Labute approximate surface area is 93.5 Å². The summed E-state index contributed by atoms with van der Waals surface area (Å²) >= 11 is 0. The Morgan fingerprint density at radius 2 is 1.94 bits per heavy atom. The van der Waals surface area contributed by atoms with Gasteiger partial charge in [-0.1, -0.05) is 0 Å². The molecule has 0 atom stereocenters. The highest BCUT2D eigenvalue weighted by atomic mass is 16.5. The van der Waals surface area contributed by atoms with E-state index in [0.717, 1.165) is 11.4 Å². The van der Waals surface area contributed by atoms with Crippen LogP contribution in [0.1, 0.15) is 13.8 Å². The number of rotatable bonds is 3. The van der Waals surface area contributed by atoms with Crippen LogP contribution >= 0.6 is 0 Å². The maximum Gasteiger partial charge on any atom is 0.330 e. The van der Waals surface area contributed by atoms with Gasteiger partial charge in [-0.25, -0.2) is 4.79 Å². The van der Waals surface area contributed by atoms with Crippen molar-refractivity contribution in [1.82, 2.24) is 9.55 Å². The molecule has 0 amide bonds. The summed E-state index contributed by atoms with van der Waals surface area (Å²) in [5.41, 5.74) is 0.680. The average molecular weight is 218 g/mol. The molecule has 1 aromatic heterocycles. The maximum absolute atomic E-state index is 11.4. The van der Waals surface area contributed by atoms with E-state index in [9.17, 15) is 4.79 Å². The molecular formula is C12H14N2O2. The molecule has 0 aliphatic heterocycles. The first-order chi connectivity index (χ1) is 7.66. The van der Waals surface area contributed by atoms with Crippen LogP contribution in [0.25, 0.3) is 5.69 Å². The van der Waals surface area contributed by atoms with Crippen molar-refractivity contribution in [1.29, 1.82) is 0 Å². The van der Waals surface area contributed by atoms with Gasteiger partial charge in [0.25, 0.3) is 0 Å². The quantitative estimate of drug-likeness (QED) is 0.856. The van der Waals surface area contributed by atoms with Crippen LogP contribution in [0, 0.1) is 0 Å². The highest BCUT2D eigenvalue weighted by molar-refractivity contribution is 5.37. The van der Waals surface area contributed by atoms with Gasteiger partial charge in [-0.3, -0.25) is 4.57 Å². The van der Waals surface area contributed by atoms with E-state index in [1.165, 1.54) is 0 Å². The highest BCUT2D eigenvalue weighted by Gasteiger charge is 2.01. The van der Waals surface area contributed by atoms with Crippen molar-refractivity contribution < 1.29 is 4.74 Å². The molecular weight excluding hydrogens is 204 g/mol. The first kappa shape index (κ1) is 10.5. The molecule has 0 fully saturated rings. The van der Waals surface area contributed by atoms with Crippen molar-refractivity contribution in [2.75, 3.05) is 0 Å². The third-order valence-corrected chi connectivity index (χ3v) is 2.14. The van der Waals surface area contributed by atoms with Crippen molar-refractivity contribution in [3.63, 3.8) is 0 Å². The molecule has 1 N–H and O–H groups in total. The normalized spacial score (nSPS) is 10.7. The molecule has 4 heteroatoms. The van der Waals surface area contributed by atoms with Gasteiger partial charge in [0.2, 0.25) is 0 Å². The van der Waals surface area contributed by atoms with Crippen molar-refractivity contribution in [2.24, 2.45) is 0 Å². The predicted octanol–water partition coefficient (Wildman–Crippen LogP) is 1.95. The summed E-state index contributed by atoms with van der Waals surface area (Å²) in [4.78, 5) is 13.9. The molecule has 0 aliphatic carbocycles. The SMILES string of the molecule is CC(C)Oc1ccc(-n2cc[nH]c2=O)cc1. The van der Waals surface area contributed by atoms with Crippen LogP contribution in [0.2, 0.25) is 0 Å². The number of nitrogens with zero attached hydrogens (tertiary/aromatic N) is 1. The summed E-state index contributed by atoms with van der Waals surface area (Å²) in [6, 6.07) is 7.42. The number of aromatic nitrogens is 2. The molecule has 2 rings (SSSR count). The van der Waals surface area contributed by atoms with E-state index in [4.69, 9.17) is 4.74 Å². The lowest BCUT2D eigenvalue weighted by Gasteiger charge is -2.09. The number of hydrogen-bond acceptors (Lipinski definition) is 2. The molecule has 0 saturated heterocycles. The minimum Gasteiger partial charge on any atom is -0.491 e. The second-order valence-electron chi connectivity index (χ2n) is 3.80. The summed E-state index contributed by atoms with van der Waals surface area (Å²) in [7, 11) is 0. The Kier molecular flexibility index (Phi) is 2.81. The summed E-state index contributed by atoms with van der Waals surface area (Å²) in [5, 5.41) is 0. The second kappa shape index (κ2) is 4.26. The molecule has 16 heavy (non-hydrogen) atoms. The summed E-state index contributed by atoms with van der Waals surface area (Å²) in [6.07, 6.45) is 3.46. The smallest absolute Gasteiger partial charge is 0.330 e. The van der Waals surface area contributed by atoms with Gasteiger partial charge in [-0.15, -0.1) is 0 Å². The van der Waals surface area contributed by atoms with E-state index in [0.29, 0.717) is 0 Å². The summed E-state index contributed by atoms with van der Waals surface area (Å²) in [5.74, 6) is 0.808. The first-order valence-electron chi connectivity index (χ1n) is 5.20. The molecule has 0 radical (unpaired) electrons. The number of benzene rings is 1. The van der Waals surface area contributed by atoms with Gasteiger partial charge in [0.15, 0.2) is 0 Å². The third kappa shape index (κ3) is 2.16. The van der Waals surface area contributed by atoms with Crippen LogP contribution < -0.4 is 10.4 Å². The maximum atomic E-state index is 11.4. The van der Waals surface area contributed by atoms with Crippen molar-refractivity contribution >= 4 is 0 Å². The lowest BCUT2D eigenvalue weighted by molar-refractivity contribution is 0.242. The molecule has 0 saturated carbocycles. The summed E-state index contributed by atoms with van der Waals surface area (Å²) < 4.78 is 7.06. The largest absolute Gasteiger partial charge is 0.491 e. The van der Waals surface area contributed by atoms with E-state index >= 15 is 0 Å². The Hall–Kier alpha value is -1.97. The topological polar surface area (TPSA) is 47.0 Å². The van der Waals surface area contributed by atoms with Gasteiger partial charge in [0, 0.05) is 12.4 Å². The fraction of sp³-hybridized carbons (Fsp3) is 0.250. The first-order valence-corrected chi connectivity index (χ1v) is 5.20. The van der Waals surface area contributed by atoms with Crippen LogP contribution in [-0.4, -0.2) is 15.7 Å². The zero-order valence-corrected chi connectivity index (χ0v) is 9.31. The summed E-state index contributed by atoms with van der Waals surface area (Å²) in [6.45, 7) is 3.95. The average Bonchev–Trinajstić information content (AvgIpc) is 2.65. The van der Waals surface area contributed by atoms with E-state index in [-0.39, 0.29) is 11.8 Å². The van der Waals surface area contributed by atoms with E-state index in [1.807, 2.05) is 38.1 Å². The third-order valence-electron chi connectivity index (χ3n) is 2.14. The number of hydrogen-bond donors (Lipinski definition) is 1. The standard InChI is InChI=1S/C12H14N2O2/c1-9(2)16-11-5-3-10(4-6-11)14-8-7-13-12(14)15/h3-9H,1-2H3,(H,13,15). The number of H-pyrrole nitrogens is 1. The Balaban J connectivity index is 2.26. The Morgan fingerprint density at radius 1 is 1.25 bits per heavy atom. The van der Waals surface area contributed by atoms with E-state index in [1.54, 1.807) is 17.0 Å². The van der Waals surface area contributed by atoms with Crippen molar-refractivity contribution in [3.8, 4) is 11.4 Å². The van der Waals surface area contributed by atoms with Crippen molar-refractivity contribution in [2.45, 2.75) is 20.0 Å². The predicted molar refractivity (Wildman–Crippen MR) is 62.2 cm³/mol. The van der Waals surface area contributed by atoms with Crippen LogP contribution in [0.15, 0.2) is 41.5 Å². The van der Waals surface area contributed by atoms with Crippen LogP contribution in [0.3, 0.4) is 0 Å². The molecule has 84 valence electrons. The minimum atomic E-state index is -0.141. The van der Waals surface area contributed by atoms with Crippen LogP contribution in [0.4, 0.5) is 0 Å². The lowest BCUT2D eigenvalue weighted by atomic mass is 10.3. The van der Waals surface area contributed by atoms with Gasteiger partial charge in [0.05, 0.1) is 11.8 Å². The molecule has 0 bridgehead atoms. The fourth-order valence-electron chi connectivity index (χ4n) is 1.48. The molecule has 0 aliphatic rings. The van der Waals surface area contributed by atoms with Crippen LogP contribution in [-0.2, 0) is 0 Å². The second-order valence-corrected chi connectivity index (χ2v) is 3.80. The minimum absolute atomic E-state index is 0.141. The molecule has 0 unspecified atom stereocenters. The molecule has 2 aromatic rings. The Bertz CT molecular complexity index is 508. The molecule has 0 spiro atoms. The number of aromatic amines is 1. The van der Waals surface area contributed by atoms with E-state index in [2.05, 4.69) is 4.98 Å². The molecule has 1 aromatic carbocycles. The van der Waals surface area contributed by atoms with Gasteiger partial charge in [-0.05, 0) is 38.1 Å². The number of ether oxygens (including phenoxy) is 1.